The van der Waals surface area contributed by atoms with Gasteiger partial charge in [0.2, 0.25) is 0 Å². The highest BCUT2D eigenvalue weighted by molar-refractivity contribution is 5.43. The van der Waals surface area contributed by atoms with Gasteiger partial charge in [-0.2, -0.15) is 0 Å². The van der Waals surface area contributed by atoms with Gasteiger partial charge in [-0.3, -0.25) is 0 Å². The number of unbranched alkanes of at least 4 members (excludes halogenated alkanes) is 1. The molecule has 126 valence electrons. The lowest BCUT2D eigenvalue weighted by Gasteiger charge is -2.27. The maximum atomic E-state index is 6.05. The van der Waals surface area contributed by atoms with E-state index in [0.717, 1.165) is 25.4 Å². The first-order chi connectivity index (χ1) is 10.2. The fraction of sp³-hybridized carbons (Fsp3) is 0.700. The maximum absolute atomic E-state index is 6.05. The van der Waals surface area contributed by atoms with E-state index in [9.17, 15) is 0 Å². The monoisotopic (exact) mass is 305 g/mol. The van der Waals surface area contributed by atoms with Crippen molar-refractivity contribution in [2.24, 2.45) is 0 Å². The standard InChI is InChI=1S/C20H35NO/c1-8-9-12-21-13-14-22-18-11-10-16(19(2,3)4)15-17(18)20(5,6)7/h10-11,15,21H,8-9,12-14H2,1-7H3. The number of rotatable bonds is 7. The zero-order valence-corrected chi connectivity index (χ0v) is 15.7. The minimum Gasteiger partial charge on any atom is -0.492 e. The van der Waals surface area contributed by atoms with Crippen LogP contribution in [-0.4, -0.2) is 19.7 Å². The molecule has 0 amide bonds. The highest BCUT2D eigenvalue weighted by atomic mass is 16.5. The Morgan fingerprint density at radius 2 is 1.64 bits per heavy atom. The summed E-state index contributed by atoms with van der Waals surface area (Å²) in [6.07, 6.45) is 2.46. The summed E-state index contributed by atoms with van der Waals surface area (Å²) in [7, 11) is 0. The van der Waals surface area contributed by atoms with Gasteiger partial charge in [0.25, 0.3) is 0 Å². The zero-order valence-electron chi connectivity index (χ0n) is 15.7. The second kappa shape index (κ2) is 8.01. The molecule has 0 bridgehead atoms. The Hall–Kier alpha value is -1.02. The SMILES string of the molecule is CCCCNCCOc1ccc(C(C)(C)C)cc1C(C)(C)C. The molecule has 0 aliphatic heterocycles. The molecule has 0 fully saturated rings. The highest BCUT2D eigenvalue weighted by Crippen LogP contribution is 2.35. The lowest BCUT2D eigenvalue weighted by molar-refractivity contribution is 0.305. The van der Waals surface area contributed by atoms with E-state index in [1.165, 1.54) is 24.0 Å². The topological polar surface area (TPSA) is 21.3 Å². The molecule has 0 heterocycles. The predicted octanol–water partition coefficient (Wildman–Crippen LogP) is 5.05. The van der Waals surface area contributed by atoms with Gasteiger partial charge in [0, 0.05) is 6.54 Å². The van der Waals surface area contributed by atoms with Crippen LogP contribution in [0.2, 0.25) is 0 Å². The molecular formula is C20H35NO. The van der Waals surface area contributed by atoms with Crippen molar-refractivity contribution < 1.29 is 4.74 Å². The summed E-state index contributed by atoms with van der Waals surface area (Å²) in [6.45, 7) is 18.4. The van der Waals surface area contributed by atoms with Crippen molar-refractivity contribution in [2.75, 3.05) is 19.7 Å². The van der Waals surface area contributed by atoms with E-state index >= 15 is 0 Å². The first-order valence-electron chi connectivity index (χ1n) is 8.65. The minimum absolute atomic E-state index is 0.0895. The van der Waals surface area contributed by atoms with Crippen molar-refractivity contribution >= 4 is 0 Å². The van der Waals surface area contributed by atoms with Gasteiger partial charge in [-0.15, -0.1) is 0 Å². The second-order valence-electron chi connectivity index (χ2n) is 8.16. The van der Waals surface area contributed by atoms with E-state index in [0.29, 0.717) is 0 Å². The van der Waals surface area contributed by atoms with E-state index < -0.39 is 0 Å². The van der Waals surface area contributed by atoms with E-state index in [1.807, 2.05) is 0 Å². The van der Waals surface area contributed by atoms with Gasteiger partial charge in [-0.05, 0) is 41.0 Å². The fourth-order valence-corrected chi connectivity index (χ4v) is 2.37. The first kappa shape index (κ1) is 19.0. The molecular weight excluding hydrogens is 270 g/mol. The summed E-state index contributed by atoms with van der Waals surface area (Å²) in [4.78, 5) is 0. The van der Waals surface area contributed by atoms with Gasteiger partial charge in [0.1, 0.15) is 12.4 Å². The van der Waals surface area contributed by atoms with Gasteiger partial charge >= 0.3 is 0 Å². The van der Waals surface area contributed by atoms with Crippen LogP contribution >= 0.6 is 0 Å². The Kier molecular flexibility index (Phi) is 6.93. The van der Waals surface area contributed by atoms with Gasteiger partial charge in [0.05, 0.1) is 0 Å². The van der Waals surface area contributed by atoms with Crippen LogP contribution < -0.4 is 10.1 Å². The van der Waals surface area contributed by atoms with Crippen LogP contribution in [0.5, 0.6) is 5.75 Å². The van der Waals surface area contributed by atoms with Crippen molar-refractivity contribution in [3.63, 3.8) is 0 Å². The fourth-order valence-electron chi connectivity index (χ4n) is 2.37. The number of ether oxygens (including phenoxy) is 1. The molecule has 0 aliphatic rings. The number of hydrogen-bond acceptors (Lipinski definition) is 2. The average molecular weight is 306 g/mol. The lowest BCUT2D eigenvalue weighted by Crippen LogP contribution is -2.23. The van der Waals surface area contributed by atoms with Crippen molar-refractivity contribution in [1.29, 1.82) is 0 Å². The predicted molar refractivity (Wildman–Crippen MR) is 97.1 cm³/mol. The normalized spacial score (nSPS) is 12.5. The Morgan fingerprint density at radius 3 is 2.18 bits per heavy atom. The van der Waals surface area contributed by atoms with Crippen molar-refractivity contribution in [3.8, 4) is 5.75 Å². The van der Waals surface area contributed by atoms with Gasteiger partial charge < -0.3 is 10.1 Å². The quantitative estimate of drug-likeness (QED) is 0.712. The van der Waals surface area contributed by atoms with Gasteiger partial charge in [-0.1, -0.05) is 67.0 Å². The summed E-state index contributed by atoms with van der Waals surface area (Å²) < 4.78 is 6.05. The zero-order chi connectivity index (χ0) is 16.8. The summed E-state index contributed by atoms with van der Waals surface area (Å²) in [6, 6.07) is 6.67. The molecule has 1 rings (SSSR count). The van der Waals surface area contributed by atoms with Crippen molar-refractivity contribution in [3.05, 3.63) is 29.3 Å². The van der Waals surface area contributed by atoms with E-state index in [1.54, 1.807) is 0 Å². The third kappa shape index (κ3) is 6.00. The van der Waals surface area contributed by atoms with Crippen LogP contribution in [0.3, 0.4) is 0 Å². The Bertz CT molecular complexity index is 452. The molecule has 0 aromatic heterocycles. The van der Waals surface area contributed by atoms with Crippen molar-refractivity contribution in [2.45, 2.75) is 72.1 Å². The van der Waals surface area contributed by atoms with E-state index in [4.69, 9.17) is 4.74 Å². The molecule has 0 aliphatic carbocycles. The molecule has 0 radical (unpaired) electrons. The third-order valence-electron chi connectivity index (χ3n) is 3.90. The number of benzene rings is 1. The Morgan fingerprint density at radius 1 is 0.955 bits per heavy atom. The summed E-state index contributed by atoms with van der Waals surface area (Å²) in [5, 5.41) is 3.43. The number of hydrogen-bond donors (Lipinski definition) is 1. The molecule has 1 N–H and O–H groups in total. The average Bonchev–Trinajstić information content (AvgIpc) is 2.40. The first-order valence-corrected chi connectivity index (χ1v) is 8.65. The summed E-state index contributed by atoms with van der Waals surface area (Å²) in [5.41, 5.74) is 2.92. The summed E-state index contributed by atoms with van der Waals surface area (Å²) >= 11 is 0. The second-order valence-corrected chi connectivity index (χ2v) is 8.16. The molecule has 0 saturated carbocycles. The molecule has 0 unspecified atom stereocenters. The lowest BCUT2D eigenvalue weighted by atomic mass is 9.80. The molecule has 0 saturated heterocycles. The molecule has 2 heteroatoms. The van der Waals surface area contributed by atoms with E-state index in [-0.39, 0.29) is 10.8 Å². The Balaban J connectivity index is 2.77. The van der Waals surface area contributed by atoms with Crippen LogP contribution in [0.4, 0.5) is 0 Å². The Labute approximate surface area is 137 Å². The molecule has 22 heavy (non-hydrogen) atoms. The molecule has 0 atom stereocenters. The van der Waals surface area contributed by atoms with E-state index in [2.05, 4.69) is 72.0 Å². The molecule has 1 aromatic rings. The summed E-state index contributed by atoms with van der Waals surface area (Å²) in [5.74, 6) is 1.03. The van der Waals surface area contributed by atoms with Crippen LogP contribution in [0, 0.1) is 0 Å². The largest absolute Gasteiger partial charge is 0.492 e. The molecule has 2 nitrogen and oxygen atoms in total. The van der Waals surface area contributed by atoms with Crippen LogP contribution in [0.1, 0.15) is 72.4 Å². The van der Waals surface area contributed by atoms with Crippen molar-refractivity contribution in [1.82, 2.24) is 5.32 Å². The number of nitrogens with one attached hydrogen (secondary N) is 1. The van der Waals surface area contributed by atoms with Crippen LogP contribution in [-0.2, 0) is 10.8 Å². The van der Waals surface area contributed by atoms with Gasteiger partial charge in [-0.25, -0.2) is 0 Å². The minimum atomic E-state index is 0.0895. The smallest absolute Gasteiger partial charge is 0.123 e. The highest BCUT2D eigenvalue weighted by Gasteiger charge is 2.22. The molecule has 1 aromatic carbocycles. The molecule has 0 spiro atoms. The van der Waals surface area contributed by atoms with Crippen LogP contribution in [0.25, 0.3) is 0 Å². The third-order valence-corrected chi connectivity index (χ3v) is 3.90. The van der Waals surface area contributed by atoms with Crippen LogP contribution in [0.15, 0.2) is 18.2 Å². The maximum Gasteiger partial charge on any atom is 0.123 e. The van der Waals surface area contributed by atoms with Gasteiger partial charge in [0.15, 0.2) is 0 Å².